The van der Waals surface area contributed by atoms with Crippen molar-refractivity contribution in [1.29, 1.82) is 0 Å². The van der Waals surface area contributed by atoms with Crippen LogP contribution in [-0.4, -0.2) is 51.2 Å². The molecule has 7 heteroatoms. The van der Waals surface area contributed by atoms with Crippen molar-refractivity contribution in [3.63, 3.8) is 0 Å². The Labute approximate surface area is 190 Å². The van der Waals surface area contributed by atoms with Crippen LogP contribution in [0.3, 0.4) is 0 Å². The maximum atomic E-state index is 13.4. The van der Waals surface area contributed by atoms with Gasteiger partial charge in [0.15, 0.2) is 0 Å². The van der Waals surface area contributed by atoms with Gasteiger partial charge < -0.3 is 19.5 Å². The largest absolute Gasteiger partial charge is 0.444 e. The van der Waals surface area contributed by atoms with Crippen LogP contribution in [0, 0.1) is 10.8 Å². The zero-order valence-corrected chi connectivity index (χ0v) is 20.2. The van der Waals surface area contributed by atoms with Crippen LogP contribution in [0.15, 0.2) is 24.5 Å². The number of benzene rings is 1. The summed E-state index contributed by atoms with van der Waals surface area (Å²) in [4.78, 5) is 31.8. The minimum atomic E-state index is -0.518. The van der Waals surface area contributed by atoms with E-state index in [0.29, 0.717) is 24.7 Å². The SMILES string of the molecule is CC1(C)CC2CC(C)(CN2C(=O)c2ccc3c(c2)ncn3CCNC(=O)OC(C)(C)C)C1. The number of likely N-dealkylation sites (tertiary alicyclic amines) is 1. The molecule has 2 unspecified atom stereocenters. The summed E-state index contributed by atoms with van der Waals surface area (Å²) in [6, 6.07) is 6.07. The molecule has 2 amide bonds. The van der Waals surface area contributed by atoms with Gasteiger partial charge in [0.05, 0.1) is 17.4 Å². The number of carbonyl (C=O) groups excluding carboxylic acids is 2. The zero-order chi connectivity index (χ0) is 23.3. The quantitative estimate of drug-likeness (QED) is 0.754. The van der Waals surface area contributed by atoms with Gasteiger partial charge in [0.25, 0.3) is 5.91 Å². The summed E-state index contributed by atoms with van der Waals surface area (Å²) in [6.07, 6.45) is 4.66. The Morgan fingerprint density at radius 2 is 1.97 bits per heavy atom. The number of hydrogen-bond acceptors (Lipinski definition) is 4. The molecular weight excluding hydrogens is 404 g/mol. The molecule has 7 nitrogen and oxygen atoms in total. The second-order valence-electron chi connectivity index (χ2n) is 11.7. The van der Waals surface area contributed by atoms with Crippen LogP contribution < -0.4 is 5.32 Å². The minimum absolute atomic E-state index is 0.111. The number of ether oxygens (including phenoxy) is 1. The van der Waals surface area contributed by atoms with Crippen LogP contribution in [0.5, 0.6) is 0 Å². The van der Waals surface area contributed by atoms with Gasteiger partial charge in [-0.3, -0.25) is 4.79 Å². The van der Waals surface area contributed by atoms with Gasteiger partial charge in [-0.2, -0.15) is 0 Å². The molecule has 1 saturated heterocycles. The van der Waals surface area contributed by atoms with E-state index < -0.39 is 11.7 Å². The molecule has 2 fully saturated rings. The standard InChI is InChI=1S/C25H36N4O3/c1-23(2,3)32-22(31)26-9-10-28-16-27-19-11-17(7-8-20(19)28)21(30)29-15-25(6)13-18(29)12-24(4,5)14-25/h7-8,11,16,18H,9-10,12-15H2,1-6H3,(H,26,31). The topological polar surface area (TPSA) is 76.5 Å². The molecule has 1 N–H and O–H groups in total. The lowest BCUT2D eigenvalue weighted by molar-refractivity contribution is 0.0525. The van der Waals surface area contributed by atoms with Crippen molar-refractivity contribution in [3.8, 4) is 0 Å². The summed E-state index contributed by atoms with van der Waals surface area (Å²) in [7, 11) is 0. The molecule has 1 aromatic heterocycles. The number of fused-ring (bicyclic) bond motifs is 3. The first-order valence-electron chi connectivity index (χ1n) is 11.6. The summed E-state index contributed by atoms with van der Waals surface area (Å²) in [5, 5.41) is 2.77. The monoisotopic (exact) mass is 440 g/mol. The average Bonchev–Trinajstić information content (AvgIpc) is 3.16. The first-order valence-corrected chi connectivity index (χ1v) is 11.6. The lowest BCUT2D eigenvalue weighted by Gasteiger charge is -2.39. The van der Waals surface area contributed by atoms with E-state index >= 15 is 0 Å². The van der Waals surface area contributed by atoms with Gasteiger partial charge in [-0.25, -0.2) is 9.78 Å². The molecule has 32 heavy (non-hydrogen) atoms. The lowest BCUT2D eigenvalue weighted by Crippen LogP contribution is -2.37. The Balaban J connectivity index is 1.43. The van der Waals surface area contributed by atoms with E-state index in [4.69, 9.17) is 4.74 Å². The number of amides is 2. The number of alkyl carbamates (subject to hydrolysis) is 1. The van der Waals surface area contributed by atoms with Gasteiger partial charge >= 0.3 is 6.09 Å². The van der Waals surface area contributed by atoms with Crippen molar-refractivity contribution in [3.05, 3.63) is 30.1 Å². The summed E-state index contributed by atoms with van der Waals surface area (Å²) < 4.78 is 7.25. The first-order chi connectivity index (χ1) is 14.8. The Morgan fingerprint density at radius 3 is 2.69 bits per heavy atom. The number of carbonyl (C=O) groups is 2. The molecule has 4 rings (SSSR count). The Morgan fingerprint density at radius 1 is 1.22 bits per heavy atom. The smallest absolute Gasteiger partial charge is 0.407 e. The third-order valence-electron chi connectivity index (χ3n) is 6.56. The molecule has 0 spiro atoms. The zero-order valence-electron chi connectivity index (χ0n) is 20.2. The highest BCUT2D eigenvalue weighted by atomic mass is 16.6. The van der Waals surface area contributed by atoms with E-state index in [1.165, 1.54) is 6.42 Å². The highest BCUT2D eigenvalue weighted by Crippen LogP contribution is 2.52. The average molecular weight is 441 g/mol. The van der Waals surface area contributed by atoms with Gasteiger partial charge in [0.2, 0.25) is 0 Å². The normalized spacial score (nSPS) is 24.6. The molecule has 1 saturated carbocycles. The Hall–Kier alpha value is -2.57. The van der Waals surface area contributed by atoms with E-state index in [1.807, 2.05) is 43.5 Å². The number of nitrogens with zero attached hydrogens (tertiary/aromatic N) is 3. The van der Waals surface area contributed by atoms with Crippen LogP contribution in [0.25, 0.3) is 11.0 Å². The predicted octanol–water partition coefficient (Wildman–Crippen LogP) is 4.60. The third kappa shape index (κ3) is 4.76. The molecule has 174 valence electrons. The summed E-state index contributed by atoms with van der Waals surface area (Å²) in [6.45, 7) is 14.3. The van der Waals surface area contributed by atoms with E-state index in [2.05, 4.69) is 36.0 Å². The lowest BCUT2D eigenvalue weighted by atomic mass is 9.65. The fraction of sp³-hybridized carbons (Fsp3) is 0.640. The van der Waals surface area contributed by atoms with E-state index in [1.54, 1.807) is 6.33 Å². The molecule has 2 bridgehead atoms. The molecule has 0 radical (unpaired) electrons. The first kappa shape index (κ1) is 22.6. The number of aromatic nitrogens is 2. The maximum Gasteiger partial charge on any atom is 0.407 e. The highest BCUT2D eigenvalue weighted by Gasteiger charge is 2.51. The van der Waals surface area contributed by atoms with Crippen molar-refractivity contribution >= 4 is 23.0 Å². The number of hydrogen-bond donors (Lipinski definition) is 1. The van der Waals surface area contributed by atoms with Crippen molar-refractivity contribution in [1.82, 2.24) is 19.8 Å². The van der Waals surface area contributed by atoms with Gasteiger partial charge in [-0.05, 0) is 69.1 Å². The molecule has 1 aliphatic carbocycles. The number of nitrogens with one attached hydrogen (secondary N) is 1. The van der Waals surface area contributed by atoms with Gasteiger partial charge in [0.1, 0.15) is 5.60 Å². The van der Waals surface area contributed by atoms with Crippen molar-refractivity contribution in [2.24, 2.45) is 10.8 Å². The molecule has 2 aromatic rings. The van der Waals surface area contributed by atoms with Crippen molar-refractivity contribution in [2.45, 2.75) is 79.0 Å². The van der Waals surface area contributed by atoms with Gasteiger partial charge in [0, 0.05) is 31.2 Å². The van der Waals surface area contributed by atoms with Crippen molar-refractivity contribution < 1.29 is 14.3 Å². The third-order valence-corrected chi connectivity index (χ3v) is 6.56. The second-order valence-corrected chi connectivity index (χ2v) is 11.7. The summed E-state index contributed by atoms with van der Waals surface area (Å²) in [5.74, 6) is 0.111. The van der Waals surface area contributed by atoms with Crippen LogP contribution >= 0.6 is 0 Å². The second kappa shape index (κ2) is 7.78. The number of imidazole rings is 1. The van der Waals surface area contributed by atoms with Crippen LogP contribution in [0.2, 0.25) is 0 Å². The summed E-state index contributed by atoms with van der Waals surface area (Å²) >= 11 is 0. The molecule has 1 aromatic carbocycles. The minimum Gasteiger partial charge on any atom is -0.444 e. The van der Waals surface area contributed by atoms with E-state index in [-0.39, 0.29) is 16.7 Å². The molecular formula is C25H36N4O3. The Kier molecular flexibility index (Phi) is 5.50. The molecule has 2 aliphatic rings. The van der Waals surface area contributed by atoms with Crippen LogP contribution in [0.1, 0.15) is 71.2 Å². The maximum absolute atomic E-state index is 13.4. The van der Waals surface area contributed by atoms with Crippen LogP contribution in [0.4, 0.5) is 4.79 Å². The fourth-order valence-electron chi connectivity index (χ4n) is 5.83. The number of rotatable bonds is 4. The highest BCUT2D eigenvalue weighted by molar-refractivity contribution is 5.97. The molecule has 2 heterocycles. The van der Waals surface area contributed by atoms with Gasteiger partial charge in [-0.1, -0.05) is 20.8 Å². The Bertz CT molecular complexity index is 1040. The van der Waals surface area contributed by atoms with E-state index in [9.17, 15) is 9.59 Å². The van der Waals surface area contributed by atoms with Crippen molar-refractivity contribution in [2.75, 3.05) is 13.1 Å². The van der Waals surface area contributed by atoms with Crippen LogP contribution in [-0.2, 0) is 11.3 Å². The van der Waals surface area contributed by atoms with Gasteiger partial charge in [-0.15, -0.1) is 0 Å². The fourth-order valence-corrected chi connectivity index (χ4v) is 5.83. The summed E-state index contributed by atoms with van der Waals surface area (Å²) in [5.41, 5.74) is 2.42. The molecule has 2 atom stereocenters. The molecule has 1 aliphatic heterocycles. The van der Waals surface area contributed by atoms with E-state index in [0.717, 1.165) is 30.4 Å². The predicted molar refractivity (Wildman–Crippen MR) is 125 cm³/mol.